The fourth-order valence-electron chi connectivity index (χ4n) is 2.02. The van der Waals surface area contributed by atoms with Crippen LogP contribution in [0.3, 0.4) is 0 Å². The number of aromatic nitrogens is 3. The molecular weight excluding hydrogens is 260 g/mol. The van der Waals surface area contributed by atoms with Crippen LogP contribution in [0.25, 0.3) is 0 Å². The molecule has 2 aromatic rings. The van der Waals surface area contributed by atoms with Gasteiger partial charge in [-0.05, 0) is 38.6 Å². The Labute approximate surface area is 118 Å². The van der Waals surface area contributed by atoms with Crippen molar-refractivity contribution in [2.75, 3.05) is 7.05 Å². The standard InChI is InChI=1S/C14H19ClN4/c1-10(2)19-7-5-11(18-19)8-14(16-3)12-4-6-17-9-13(12)15/h4-7,9-10,14,16H,8H2,1-3H3. The molecule has 2 aromatic heterocycles. The molecule has 0 radical (unpaired) electrons. The predicted molar refractivity (Wildman–Crippen MR) is 77.4 cm³/mol. The molecule has 0 fully saturated rings. The minimum atomic E-state index is 0.144. The van der Waals surface area contributed by atoms with Gasteiger partial charge in [-0.3, -0.25) is 9.67 Å². The van der Waals surface area contributed by atoms with E-state index in [1.54, 1.807) is 12.4 Å². The Hall–Kier alpha value is -1.39. The van der Waals surface area contributed by atoms with Crippen molar-refractivity contribution in [1.29, 1.82) is 0 Å². The number of hydrogen-bond acceptors (Lipinski definition) is 3. The zero-order chi connectivity index (χ0) is 13.8. The van der Waals surface area contributed by atoms with Crippen molar-refractivity contribution in [3.63, 3.8) is 0 Å². The van der Waals surface area contributed by atoms with Gasteiger partial charge in [-0.1, -0.05) is 11.6 Å². The van der Waals surface area contributed by atoms with Crippen LogP contribution in [-0.4, -0.2) is 21.8 Å². The zero-order valence-electron chi connectivity index (χ0n) is 11.5. The maximum atomic E-state index is 6.19. The summed E-state index contributed by atoms with van der Waals surface area (Å²) in [6, 6.07) is 4.53. The molecule has 0 aromatic carbocycles. The Morgan fingerprint density at radius 1 is 1.37 bits per heavy atom. The minimum Gasteiger partial charge on any atom is -0.313 e. The molecule has 5 heteroatoms. The number of rotatable bonds is 5. The van der Waals surface area contributed by atoms with E-state index < -0.39 is 0 Å². The average Bonchev–Trinajstić information content (AvgIpc) is 2.86. The third-order valence-electron chi connectivity index (χ3n) is 3.13. The van der Waals surface area contributed by atoms with Gasteiger partial charge in [0.05, 0.1) is 10.7 Å². The molecule has 0 saturated heterocycles. The van der Waals surface area contributed by atoms with Gasteiger partial charge < -0.3 is 5.32 Å². The van der Waals surface area contributed by atoms with Crippen LogP contribution >= 0.6 is 11.6 Å². The largest absolute Gasteiger partial charge is 0.313 e. The Morgan fingerprint density at radius 2 is 2.16 bits per heavy atom. The van der Waals surface area contributed by atoms with E-state index in [0.717, 1.165) is 17.7 Å². The summed E-state index contributed by atoms with van der Waals surface area (Å²) in [7, 11) is 1.93. The fraction of sp³-hybridized carbons (Fsp3) is 0.429. The summed E-state index contributed by atoms with van der Waals surface area (Å²) < 4.78 is 1.97. The Kier molecular flexibility index (Phi) is 4.56. The molecule has 1 unspecified atom stereocenters. The van der Waals surface area contributed by atoms with E-state index >= 15 is 0 Å². The third-order valence-corrected chi connectivity index (χ3v) is 3.45. The number of hydrogen-bond donors (Lipinski definition) is 1. The fourth-order valence-corrected chi connectivity index (χ4v) is 2.27. The number of nitrogens with one attached hydrogen (secondary N) is 1. The number of pyridine rings is 1. The van der Waals surface area contributed by atoms with Crippen LogP contribution in [0.1, 0.15) is 37.2 Å². The van der Waals surface area contributed by atoms with Crippen LogP contribution in [0, 0.1) is 0 Å². The van der Waals surface area contributed by atoms with Gasteiger partial charge in [-0.15, -0.1) is 0 Å². The van der Waals surface area contributed by atoms with Crippen molar-refractivity contribution in [2.24, 2.45) is 0 Å². The van der Waals surface area contributed by atoms with Crippen molar-refractivity contribution >= 4 is 11.6 Å². The second-order valence-corrected chi connectivity index (χ2v) is 5.23. The molecule has 2 heterocycles. The first-order valence-corrected chi connectivity index (χ1v) is 6.80. The zero-order valence-corrected chi connectivity index (χ0v) is 12.2. The molecule has 19 heavy (non-hydrogen) atoms. The molecule has 0 aliphatic rings. The predicted octanol–water partition coefficient (Wildman–Crippen LogP) is 3.02. The van der Waals surface area contributed by atoms with Gasteiger partial charge in [0.2, 0.25) is 0 Å². The molecule has 0 aliphatic carbocycles. The average molecular weight is 279 g/mol. The topological polar surface area (TPSA) is 42.7 Å². The lowest BCUT2D eigenvalue weighted by Gasteiger charge is -2.16. The summed E-state index contributed by atoms with van der Waals surface area (Å²) >= 11 is 6.19. The van der Waals surface area contributed by atoms with E-state index in [1.165, 1.54) is 0 Å². The maximum absolute atomic E-state index is 6.19. The van der Waals surface area contributed by atoms with Crippen LogP contribution in [-0.2, 0) is 6.42 Å². The van der Waals surface area contributed by atoms with Crippen molar-refractivity contribution in [3.05, 3.63) is 47.0 Å². The SMILES string of the molecule is CNC(Cc1ccn(C(C)C)n1)c1ccncc1Cl. The minimum absolute atomic E-state index is 0.144. The molecule has 0 amide bonds. The highest BCUT2D eigenvalue weighted by Gasteiger charge is 2.15. The summed E-state index contributed by atoms with van der Waals surface area (Å²) in [6.45, 7) is 4.23. The summed E-state index contributed by atoms with van der Waals surface area (Å²) in [6.07, 6.45) is 6.26. The van der Waals surface area contributed by atoms with Crippen LogP contribution in [0.4, 0.5) is 0 Å². The van der Waals surface area contributed by atoms with Crippen molar-refractivity contribution in [3.8, 4) is 0 Å². The Morgan fingerprint density at radius 3 is 2.74 bits per heavy atom. The first kappa shape index (κ1) is 14.0. The molecule has 0 aliphatic heterocycles. The van der Waals surface area contributed by atoms with Crippen LogP contribution < -0.4 is 5.32 Å². The maximum Gasteiger partial charge on any atom is 0.0643 e. The van der Waals surface area contributed by atoms with Gasteiger partial charge >= 0.3 is 0 Å². The lowest BCUT2D eigenvalue weighted by molar-refractivity contribution is 0.515. The molecule has 2 rings (SSSR count). The first-order valence-electron chi connectivity index (χ1n) is 6.42. The second-order valence-electron chi connectivity index (χ2n) is 4.82. The molecule has 1 N–H and O–H groups in total. The van der Waals surface area contributed by atoms with E-state index in [-0.39, 0.29) is 6.04 Å². The van der Waals surface area contributed by atoms with Crippen molar-refractivity contribution < 1.29 is 0 Å². The molecule has 102 valence electrons. The summed E-state index contributed by atoms with van der Waals surface area (Å²) in [4.78, 5) is 4.02. The molecule has 1 atom stereocenters. The summed E-state index contributed by atoms with van der Waals surface area (Å²) in [5, 5.41) is 8.54. The van der Waals surface area contributed by atoms with Crippen molar-refractivity contribution in [2.45, 2.75) is 32.4 Å². The van der Waals surface area contributed by atoms with E-state index in [2.05, 4.69) is 35.3 Å². The highest BCUT2D eigenvalue weighted by molar-refractivity contribution is 6.31. The van der Waals surface area contributed by atoms with Gasteiger partial charge in [0.15, 0.2) is 0 Å². The van der Waals surface area contributed by atoms with Gasteiger partial charge in [0.1, 0.15) is 0 Å². The normalized spacial score (nSPS) is 12.9. The van der Waals surface area contributed by atoms with Gasteiger partial charge in [-0.25, -0.2) is 0 Å². The number of nitrogens with zero attached hydrogens (tertiary/aromatic N) is 3. The quantitative estimate of drug-likeness (QED) is 0.914. The lowest BCUT2D eigenvalue weighted by Crippen LogP contribution is -2.19. The van der Waals surface area contributed by atoms with E-state index in [9.17, 15) is 0 Å². The molecule has 4 nitrogen and oxygen atoms in total. The Balaban J connectivity index is 2.17. The highest BCUT2D eigenvalue weighted by atomic mass is 35.5. The van der Waals surface area contributed by atoms with Gasteiger partial charge in [0, 0.05) is 37.1 Å². The second kappa shape index (κ2) is 6.17. The number of halogens is 1. The monoisotopic (exact) mass is 278 g/mol. The number of likely N-dealkylation sites (N-methyl/N-ethyl adjacent to an activating group) is 1. The third kappa shape index (κ3) is 3.33. The van der Waals surface area contributed by atoms with Gasteiger partial charge in [0.25, 0.3) is 0 Å². The van der Waals surface area contributed by atoms with Crippen LogP contribution in [0.5, 0.6) is 0 Å². The molecule has 0 spiro atoms. The molecule has 0 saturated carbocycles. The summed E-state index contributed by atoms with van der Waals surface area (Å²) in [5.74, 6) is 0. The smallest absolute Gasteiger partial charge is 0.0643 e. The molecular formula is C14H19ClN4. The summed E-state index contributed by atoms with van der Waals surface area (Å²) in [5.41, 5.74) is 2.11. The van der Waals surface area contributed by atoms with Crippen LogP contribution in [0.2, 0.25) is 5.02 Å². The van der Waals surface area contributed by atoms with Gasteiger partial charge in [-0.2, -0.15) is 5.10 Å². The van der Waals surface area contributed by atoms with Crippen molar-refractivity contribution in [1.82, 2.24) is 20.1 Å². The van der Waals surface area contributed by atoms with E-state index in [0.29, 0.717) is 11.1 Å². The molecule has 0 bridgehead atoms. The highest BCUT2D eigenvalue weighted by Crippen LogP contribution is 2.24. The van der Waals surface area contributed by atoms with Crippen LogP contribution in [0.15, 0.2) is 30.7 Å². The first-order chi connectivity index (χ1) is 9.11. The lowest BCUT2D eigenvalue weighted by atomic mass is 10.0. The van der Waals surface area contributed by atoms with E-state index in [1.807, 2.05) is 24.0 Å². The van der Waals surface area contributed by atoms with E-state index in [4.69, 9.17) is 11.6 Å². The Bertz CT molecular complexity index is 536.